The minimum absolute atomic E-state index is 0.0469. The van der Waals surface area contributed by atoms with Crippen LogP contribution in [0.2, 0.25) is 0 Å². The molecule has 5 nitrogen and oxygen atoms in total. The maximum Gasteiger partial charge on any atom is 0.348 e. The lowest BCUT2D eigenvalue weighted by Gasteiger charge is -1.99. The van der Waals surface area contributed by atoms with Gasteiger partial charge in [0.05, 0.1) is 5.56 Å². The predicted octanol–water partition coefficient (Wildman–Crippen LogP) is 4.79. The fourth-order valence-electron chi connectivity index (χ4n) is 2.23. The van der Waals surface area contributed by atoms with Crippen LogP contribution in [0.5, 0.6) is 0 Å². The fraction of sp³-hybridized carbons (Fsp3) is 0.235. The molecule has 0 saturated carbocycles. The lowest BCUT2D eigenvalue weighted by molar-refractivity contribution is 0.0444. The first-order valence-electron chi connectivity index (χ1n) is 7.42. The van der Waals surface area contributed by atoms with Crippen molar-refractivity contribution >= 4 is 33.2 Å². The van der Waals surface area contributed by atoms with Crippen LogP contribution >= 0.6 is 27.3 Å². The third-order valence-corrected chi connectivity index (χ3v) is 5.49. The summed E-state index contributed by atoms with van der Waals surface area (Å²) in [4.78, 5) is 13.9. The number of thiophene rings is 1. The lowest BCUT2D eigenvalue weighted by atomic mass is 10.2. The molecule has 2 aromatic heterocycles. The van der Waals surface area contributed by atoms with E-state index in [4.69, 9.17) is 9.15 Å². The number of ether oxygens (including phenoxy) is 1. The van der Waals surface area contributed by atoms with Crippen molar-refractivity contribution in [3.05, 3.63) is 56.0 Å². The molecule has 124 valence electrons. The monoisotopic (exact) mass is 406 g/mol. The number of rotatable bonds is 5. The van der Waals surface area contributed by atoms with Gasteiger partial charge in [-0.25, -0.2) is 4.79 Å². The molecular weight excluding hydrogens is 392 g/mol. The Kier molecular flexibility index (Phi) is 5.11. The molecule has 0 saturated heterocycles. The van der Waals surface area contributed by atoms with Crippen molar-refractivity contribution in [3.63, 3.8) is 0 Å². The number of carbonyl (C=O) groups excluding carboxylic acids is 1. The largest absolute Gasteiger partial charge is 0.451 e. The molecule has 0 atom stereocenters. The van der Waals surface area contributed by atoms with Crippen molar-refractivity contribution in [1.29, 1.82) is 0 Å². The Morgan fingerprint density at radius 3 is 2.83 bits per heavy atom. The van der Waals surface area contributed by atoms with E-state index in [1.54, 1.807) is 0 Å². The van der Waals surface area contributed by atoms with Crippen LogP contribution in [-0.2, 0) is 17.8 Å². The standard InChI is InChI=1S/C17H15BrN2O3S/c1-3-13-10(2)8-14(24-13)17(21)22-9-15-19-20-16(23-15)11-6-4-5-7-12(11)18/h4-8H,3,9H2,1-2H3. The Labute approximate surface area is 151 Å². The molecule has 0 N–H and O–H groups in total. The fourth-order valence-corrected chi connectivity index (χ4v) is 3.69. The molecule has 1 aromatic carbocycles. The smallest absolute Gasteiger partial charge is 0.348 e. The number of aryl methyl sites for hydroxylation is 2. The van der Waals surface area contributed by atoms with Crippen LogP contribution < -0.4 is 0 Å². The van der Waals surface area contributed by atoms with Gasteiger partial charge in [0, 0.05) is 9.35 Å². The summed E-state index contributed by atoms with van der Waals surface area (Å²) in [6, 6.07) is 9.40. The predicted molar refractivity (Wildman–Crippen MR) is 95.0 cm³/mol. The van der Waals surface area contributed by atoms with Gasteiger partial charge in [-0.05, 0) is 53.0 Å². The number of halogens is 1. The molecule has 7 heteroatoms. The van der Waals surface area contributed by atoms with Crippen molar-refractivity contribution in [3.8, 4) is 11.5 Å². The molecule has 0 aliphatic carbocycles. The van der Waals surface area contributed by atoms with E-state index < -0.39 is 0 Å². The summed E-state index contributed by atoms with van der Waals surface area (Å²) < 4.78 is 11.7. The van der Waals surface area contributed by atoms with Crippen LogP contribution in [0.1, 0.15) is 32.9 Å². The summed E-state index contributed by atoms with van der Waals surface area (Å²) >= 11 is 4.90. The molecule has 0 amide bonds. The maximum atomic E-state index is 12.1. The van der Waals surface area contributed by atoms with Crippen molar-refractivity contribution in [2.75, 3.05) is 0 Å². The molecule has 0 aliphatic heterocycles. The van der Waals surface area contributed by atoms with Gasteiger partial charge in [-0.2, -0.15) is 0 Å². The van der Waals surface area contributed by atoms with Gasteiger partial charge in [-0.1, -0.05) is 19.1 Å². The Morgan fingerprint density at radius 2 is 2.12 bits per heavy atom. The summed E-state index contributed by atoms with van der Waals surface area (Å²) in [7, 11) is 0. The van der Waals surface area contributed by atoms with Gasteiger partial charge in [-0.15, -0.1) is 21.5 Å². The van der Waals surface area contributed by atoms with E-state index in [-0.39, 0.29) is 18.5 Å². The first-order chi connectivity index (χ1) is 11.6. The summed E-state index contributed by atoms with van der Waals surface area (Å²) in [6.07, 6.45) is 0.906. The molecule has 0 aliphatic rings. The Balaban J connectivity index is 1.67. The molecule has 0 radical (unpaired) electrons. The third-order valence-electron chi connectivity index (χ3n) is 3.44. The van der Waals surface area contributed by atoms with Crippen LogP contribution in [0.3, 0.4) is 0 Å². The number of carbonyl (C=O) groups is 1. The zero-order valence-electron chi connectivity index (χ0n) is 13.2. The zero-order valence-corrected chi connectivity index (χ0v) is 15.6. The van der Waals surface area contributed by atoms with Gasteiger partial charge >= 0.3 is 5.97 Å². The molecule has 3 rings (SSSR count). The molecule has 0 spiro atoms. The van der Waals surface area contributed by atoms with Gasteiger partial charge in [0.2, 0.25) is 5.89 Å². The second-order valence-electron chi connectivity index (χ2n) is 5.13. The average molecular weight is 407 g/mol. The highest BCUT2D eigenvalue weighted by atomic mass is 79.9. The summed E-state index contributed by atoms with van der Waals surface area (Å²) in [6.45, 7) is 4.01. The van der Waals surface area contributed by atoms with E-state index in [0.717, 1.165) is 22.0 Å². The molecule has 0 unspecified atom stereocenters. The number of aromatic nitrogens is 2. The van der Waals surface area contributed by atoms with Crippen LogP contribution in [0.15, 0.2) is 39.2 Å². The van der Waals surface area contributed by atoms with Gasteiger partial charge in [0.15, 0.2) is 6.61 Å². The van der Waals surface area contributed by atoms with E-state index in [9.17, 15) is 4.79 Å². The van der Waals surface area contributed by atoms with Crippen molar-refractivity contribution in [1.82, 2.24) is 10.2 Å². The highest BCUT2D eigenvalue weighted by molar-refractivity contribution is 9.10. The molecule has 2 heterocycles. The van der Waals surface area contributed by atoms with Gasteiger partial charge in [0.1, 0.15) is 4.88 Å². The zero-order chi connectivity index (χ0) is 17.1. The average Bonchev–Trinajstić information content (AvgIpc) is 3.19. The van der Waals surface area contributed by atoms with Gasteiger partial charge < -0.3 is 9.15 Å². The van der Waals surface area contributed by atoms with Gasteiger partial charge in [-0.3, -0.25) is 0 Å². The first kappa shape index (κ1) is 16.9. The lowest BCUT2D eigenvalue weighted by Crippen LogP contribution is -2.03. The number of nitrogens with zero attached hydrogens (tertiary/aromatic N) is 2. The summed E-state index contributed by atoms with van der Waals surface area (Å²) in [5.41, 5.74) is 1.91. The van der Waals surface area contributed by atoms with Crippen molar-refractivity contribution in [2.45, 2.75) is 26.9 Å². The Hall–Kier alpha value is -1.99. The van der Waals surface area contributed by atoms with Crippen LogP contribution in [-0.4, -0.2) is 16.2 Å². The molecule has 0 fully saturated rings. The van der Waals surface area contributed by atoms with E-state index >= 15 is 0 Å². The van der Waals surface area contributed by atoms with Crippen LogP contribution in [0.25, 0.3) is 11.5 Å². The highest BCUT2D eigenvalue weighted by Crippen LogP contribution is 2.27. The van der Waals surface area contributed by atoms with Crippen molar-refractivity contribution < 1.29 is 13.9 Å². The van der Waals surface area contributed by atoms with Crippen molar-refractivity contribution in [2.24, 2.45) is 0 Å². The molecule has 24 heavy (non-hydrogen) atoms. The van der Waals surface area contributed by atoms with Crippen LogP contribution in [0.4, 0.5) is 0 Å². The Bertz CT molecular complexity index is 872. The van der Waals surface area contributed by atoms with Crippen LogP contribution in [0, 0.1) is 6.92 Å². The maximum absolute atomic E-state index is 12.1. The molecule has 3 aromatic rings. The minimum Gasteiger partial charge on any atom is -0.451 e. The molecule has 0 bridgehead atoms. The first-order valence-corrected chi connectivity index (χ1v) is 9.03. The van der Waals surface area contributed by atoms with E-state index in [1.807, 2.05) is 37.3 Å². The topological polar surface area (TPSA) is 65.2 Å². The number of hydrogen-bond acceptors (Lipinski definition) is 6. The minimum atomic E-state index is -0.372. The van der Waals surface area contributed by atoms with Gasteiger partial charge in [0.25, 0.3) is 5.89 Å². The highest BCUT2D eigenvalue weighted by Gasteiger charge is 2.16. The SMILES string of the molecule is CCc1sc(C(=O)OCc2nnc(-c3ccccc3Br)o2)cc1C. The summed E-state index contributed by atoms with van der Waals surface area (Å²) in [5, 5.41) is 7.92. The normalized spacial score (nSPS) is 10.8. The number of esters is 1. The third kappa shape index (κ3) is 3.57. The Morgan fingerprint density at radius 1 is 1.33 bits per heavy atom. The summed E-state index contributed by atoms with van der Waals surface area (Å²) in [5.74, 6) is 0.273. The molecular formula is C17H15BrN2O3S. The quantitative estimate of drug-likeness (QED) is 0.569. The van der Waals surface area contributed by atoms with E-state index in [1.165, 1.54) is 16.2 Å². The number of benzene rings is 1. The second-order valence-corrected chi connectivity index (χ2v) is 7.12. The number of hydrogen-bond donors (Lipinski definition) is 0. The van der Waals surface area contributed by atoms with E-state index in [2.05, 4.69) is 33.1 Å². The second kappa shape index (κ2) is 7.27. The van der Waals surface area contributed by atoms with E-state index in [0.29, 0.717) is 10.8 Å².